The largest absolute Gasteiger partial charge is 0.305 e. The van der Waals surface area contributed by atoms with Crippen molar-refractivity contribution in [1.29, 1.82) is 0 Å². The fourth-order valence-electron chi connectivity index (χ4n) is 1.84. The fraction of sp³-hybridized carbons (Fsp3) is 0.200. The van der Waals surface area contributed by atoms with Gasteiger partial charge in [-0.15, -0.1) is 0 Å². The molecule has 0 aliphatic rings. The van der Waals surface area contributed by atoms with Crippen LogP contribution in [0.1, 0.15) is 21.5 Å². The predicted molar refractivity (Wildman–Crippen MR) is 81.0 cm³/mol. The van der Waals surface area contributed by atoms with Crippen LogP contribution in [0.15, 0.2) is 35.3 Å². The lowest BCUT2D eigenvalue weighted by atomic mass is 10.0. The molecular weight excluding hydrogens is 297 g/mol. The fourth-order valence-corrected chi connectivity index (χ4v) is 2.35. The Labute approximate surface area is 126 Å². The maximum Gasteiger partial charge on any atom is 0.269 e. The van der Waals surface area contributed by atoms with Gasteiger partial charge in [-0.25, -0.2) is 0 Å². The third-order valence-electron chi connectivity index (χ3n) is 3.15. The SMILES string of the molecule is Cc1ccc(C(=O)Cn2cc(Cl)cc(Cl)c2=O)cc1C. The van der Waals surface area contributed by atoms with Crippen LogP contribution in [0.4, 0.5) is 0 Å². The molecule has 1 heterocycles. The number of Topliss-reactive ketones (excluding diaryl/α,β-unsaturated/α-hetero) is 1. The van der Waals surface area contributed by atoms with E-state index in [0.29, 0.717) is 10.6 Å². The Morgan fingerprint density at radius 2 is 1.85 bits per heavy atom. The van der Waals surface area contributed by atoms with Crippen LogP contribution in [0.5, 0.6) is 0 Å². The van der Waals surface area contributed by atoms with Crippen molar-refractivity contribution in [3.05, 3.63) is 67.6 Å². The van der Waals surface area contributed by atoms with Gasteiger partial charge in [0.2, 0.25) is 0 Å². The summed E-state index contributed by atoms with van der Waals surface area (Å²) in [7, 11) is 0. The number of halogens is 2. The van der Waals surface area contributed by atoms with Crippen molar-refractivity contribution in [1.82, 2.24) is 4.57 Å². The third-order valence-corrected chi connectivity index (χ3v) is 3.63. The zero-order valence-electron chi connectivity index (χ0n) is 11.1. The van der Waals surface area contributed by atoms with Crippen molar-refractivity contribution in [3.8, 4) is 0 Å². The molecule has 5 heteroatoms. The highest BCUT2D eigenvalue weighted by molar-refractivity contribution is 6.34. The normalized spacial score (nSPS) is 10.6. The molecule has 0 aliphatic carbocycles. The Balaban J connectivity index is 2.32. The van der Waals surface area contributed by atoms with Crippen LogP contribution < -0.4 is 5.56 Å². The van der Waals surface area contributed by atoms with Crippen molar-refractivity contribution < 1.29 is 4.79 Å². The number of nitrogens with zero attached hydrogens (tertiary/aromatic N) is 1. The lowest BCUT2D eigenvalue weighted by Gasteiger charge is -2.08. The molecule has 0 radical (unpaired) electrons. The summed E-state index contributed by atoms with van der Waals surface area (Å²) < 4.78 is 1.22. The van der Waals surface area contributed by atoms with Crippen LogP contribution in [0.3, 0.4) is 0 Å². The second-order valence-electron chi connectivity index (χ2n) is 4.66. The Morgan fingerprint density at radius 3 is 2.50 bits per heavy atom. The van der Waals surface area contributed by atoms with E-state index in [4.69, 9.17) is 23.2 Å². The molecule has 20 heavy (non-hydrogen) atoms. The Hall–Kier alpha value is -1.58. The number of ketones is 1. The highest BCUT2D eigenvalue weighted by Crippen LogP contribution is 2.13. The van der Waals surface area contributed by atoms with Crippen LogP contribution in [0.2, 0.25) is 10.0 Å². The van der Waals surface area contributed by atoms with E-state index in [2.05, 4.69) is 0 Å². The molecule has 1 aromatic heterocycles. The average Bonchev–Trinajstić information content (AvgIpc) is 2.38. The van der Waals surface area contributed by atoms with Gasteiger partial charge in [0.05, 0.1) is 11.6 Å². The monoisotopic (exact) mass is 309 g/mol. The Kier molecular flexibility index (Phi) is 4.31. The predicted octanol–water partition coefficient (Wildman–Crippen LogP) is 3.65. The summed E-state index contributed by atoms with van der Waals surface area (Å²) in [5.41, 5.74) is 2.29. The molecule has 0 fully saturated rings. The van der Waals surface area contributed by atoms with Crippen molar-refractivity contribution in [2.24, 2.45) is 0 Å². The van der Waals surface area contributed by atoms with Gasteiger partial charge in [0, 0.05) is 11.8 Å². The highest BCUT2D eigenvalue weighted by atomic mass is 35.5. The summed E-state index contributed by atoms with van der Waals surface area (Å²) in [6.07, 6.45) is 1.41. The van der Waals surface area contributed by atoms with E-state index in [1.165, 1.54) is 16.8 Å². The number of hydrogen-bond donors (Lipinski definition) is 0. The van der Waals surface area contributed by atoms with Crippen LogP contribution in [0, 0.1) is 13.8 Å². The molecule has 2 rings (SSSR count). The number of carbonyl (C=O) groups is 1. The van der Waals surface area contributed by atoms with E-state index in [-0.39, 0.29) is 17.4 Å². The van der Waals surface area contributed by atoms with Crippen molar-refractivity contribution in [2.45, 2.75) is 20.4 Å². The van der Waals surface area contributed by atoms with E-state index in [0.717, 1.165) is 11.1 Å². The first-order valence-electron chi connectivity index (χ1n) is 6.04. The summed E-state index contributed by atoms with van der Waals surface area (Å²) in [5, 5.41) is 0.327. The standard InChI is InChI=1S/C15H13Cl2NO2/c1-9-3-4-11(5-10(9)2)14(19)8-18-7-12(16)6-13(17)15(18)20/h3-7H,8H2,1-2H3. The molecule has 0 saturated heterocycles. The van der Waals surface area contributed by atoms with E-state index in [1.807, 2.05) is 26.0 Å². The molecule has 0 saturated carbocycles. The van der Waals surface area contributed by atoms with Crippen molar-refractivity contribution in [3.63, 3.8) is 0 Å². The van der Waals surface area contributed by atoms with E-state index < -0.39 is 5.56 Å². The second kappa shape index (κ2) is 5.81. The van der Waals surface area contributed by atoms with Crippen LogP contribution >= 0.6 is 23.2 Å². The minimum Gasteiger partial charge on any atom is -0.305 e. The second-order valence-corrected chi connectivity index (χ2v) is 5.51. The topological polar surface area (TPSA) is 39.1 Å². The molecular formula is C15H13Cl2NO2. The summed E-state index contributed by atoms with van der Waals surface area (Å²) in [6.45, 7) is 3.83. The zero-order chi connectivity index (χ0) is 14.9. The molecule has 1 aromatic carbocycles. The smallest absolute Gasteiger partial charge is 0.269 e. The highest BCUT2D eigenvalue weighted by Gasteiger charge is 2.11. The lowest BCUT2D eigenvalue weighted by Crippen LogP contribution is -2.24. The number of aromatic nitrogens is 1. The first-order chi connectivity index (χ1) is 9.38. The molecule has 0 unspecified atom stereocenters. The van der Waals surface area contributed by atoms with E-state index in [1.54, 1.807) is 6.07 Å². The Morgan fingerprint density at radius 1 is 1.15 bits per heavy atom. The van der Waals surface area contributed by atoms with Gasteiger partial charge in [0.25, 0.3) is 5.56 Å². The number of pyridine rings is 1. The minimum absolute atomic E-state index is 0.00499. The molecule has 104 valence electrons. The molecule has 0 atom stereocenters. The number of hydrogen-bond acceptors (Lipinski definition) is 2. The maximum absolute atomic E-state index is 12.2. The average molecular weight is 310 g/mol. The lowest BCUT2D eigenvalue weighted by molar-refractivity contribution is 0.0971. The summed E-state index contributed by atoms with van der Waals surface area (Å²) in [5.74, 6) is -0.159. The summed E-state index contributed by atoms with van der Waals surface area (Å²) in [4.78, 5) is 24.0. The molecule has 0 spiro atoms. The number of benzene rings is 1. The summed E-state index contributed by atoms with van der Waals surface area (Å²) in [6, 6.07) is 6.81. The van der Waals surface area contributed by atoms with Crippen molar-refractivity contribution in [2.75, 3.05) is 0 Å². The van der Waals surface area contributed by atoms with Crippen LogP contribution in [0.25, 0.3) is 0 Å². The van der Waals surface area contributed by atoms with Crippen LogP contribution in [-0.4, -0.2) is 10.4 Å². The van der Waals surface area contributed by atoms with Gasteiger partial charge in [0.15, 0.2) is 5.78 Å². The molecule has 3 nitrogen and oxygen atoms in total. The van der Waals surface area contributed by atoms with Gasteiger partial charge in [-0.1, -0.05) is 35.3 Å². The van der Waals surface area contributed by atoms with Gasteiger partial charge in [-0.3, -0.25) is 9.59 Å². The Bertz CT molecular complexity index is 735. The minimum atomic E-state index is -0.423. The zero-order valence-corrected chi connectivity index (χ0v) is 12.6. The van der Waals surface area contributed by atoms with Gasteiger partial charge in [0.1, 0.15) is 5.02 Å². The van der Waals surface area contributed by atoms with E-state index >= 15 is 0 Å². The molecule has 0 aliphatic heterocycles. The van der Waals surface area contributed by atoms with Gasteiger partial charge < -0.3 is 4.57 Å². The molecule has 2 aromatic rings. The quantitative estimate of drug-likeness (QED) is 0.812. The number of rotatable bonds is 3. The first-order valence-corrected chi connectivity index (χ1v) is 6.80. The van der Waals surface area contributed by atoms with Crippen molar-refractivity contribution >= 4 is 29.0 Å². The summed E-state index contributed by atoms with van der Waals surface area (Å²) >= 11 is 11.6. The van der Waals surface area contributed by atoms with Gasteiger partial charge in [-0.05, 0) is 37.1 Å². The third kappa shape index (κ3) is 3.11. The van der Waals surface area contributed by atoms with Crippen LogP contribution in [-0.2, 0) is 6.54 Å². The van der Waals surface area contributed by atoms with Gasteiger partial charge in [-0.2, -0.15) is 0 Å². The van der Waals surface area contributed by atoms with E-state index in [9.17, 15) is 9.59 Å². The maximum atomic E-state index is 12.2. The number of aryl methyl sites for hydroxylation is 2. The first kappa shape index (κ1) is 14.8. The van der Waals surface area contributed by atoms with Gasteiger partial charge >= 0.3 is 0 Å². The molecule has 0 amide bonds. The number of carbonyl (C=O) groups excluding carboxylic acids is 1. The molecule has 0 bridgehead atoms. The molecule has 0 N–H and O–H groups in total.